The van der Waals surface area contributed by atoms with Crippen LogP contribution in [-0.2, 0) is 49.3 Å². The predicted octanol–water partition coefficient (Wildman–Crippen LogP) is 7.29. The summed E-state index contributed by atoms with van der Waals surface area (Å²) in [6, 6.07) is 13.3. The number of nitrogens with two attached hydrogens (primary N) is 1. The first-order valence-corrected chi connectivity index (χ1v) is 24.3. The van der Waals surface area contributed by atoms with Crippen LogP contribution in [0, 0.1) is 17.0 Å². The largest absolute Gasteiger partial charge is 0.458 e. The normalized spacial score (nSPS) is 12.9. The number of amides is 3. The molecule has 3 rings (SSSR count). The highest BCUT2D eigenvalue weighted by Gasteiger charge is 2.37. The first kappa shape index (κ1) is 57.7. The average Bonchev–Trinajstić information content (AvgIpc) is 3.64. The van der Waals surface area contributed by atoms with E-state index in [-0.39, 0.29) is 49.2 Å². The average molecular weight is 976 g/mol. The van der Waals surface area contributed by atoms with Crippen LogP contribution in [-0.4, -0.2) is 135 Å². The van der Waals surface area contributed by atoms with Gasteiger partial charge in [0, 0.05) is 54.8 Å². The number of hydrogen-bond donors (Lipinski definition) is 3. The highest BCUT2D eigenvalue weighted by Crippen LogP contribution is 2.41. The molecule has 0 spiro atoms. The highest BCUT2D eigenvalue weighted by molar-refractivity contribution is 8.00. The molecule has 0 saturated heterocycles. The third-order valence-corrected chi connectivity index (χ3v) is 10.8. The monoisotopic (exact) mass is 976 g/mol. The molecule has 0 aliphatic rings. The van der Waals surface area contributed by atoms with E-state index < -0.39 is 58.3 Å². The fraction of sp³-hybridized carbons (Fsp3) is 0.600. The zero-order valence-corrected chi connectivity index (χ0v) is 42.3. The molecule has 18 heteroatoms. The second kappa shape index (κ2) is 28.8. The van der Waals surface area contributed by atoms with Crippen molar-refractivity contribution in [1.82, 2.24) is 20.1 Å². The SMILES string of the molecule is CC(C)(C)OC(=O)NCCOCCOCCOCCOCCC(=O)N[C@@H](CSCC(=O)N(CCCN)[C@@H](c1cc(-c2cc(F)ccc2F)cn1Cc1ccccc1)C(C)(C)C)C(=O)OC(C)(C)C. The number of halogens is 2. The van der Waals surface area contributed by atoms with Crippen LogP contribution in [0.2, 0.25) is 0 Å². The molecule has 0 saturated carbocycles. The Balaban J connectivity index is 1.57. The molecule has 0 bridgehead atoms. The molecular formula is C50H75F2N5O10S. The molecule has 0 fully saturated rings. The quantitative estimate of drug-likeness (QED) is 0.0468. The highest BCUT2D eigenvalue weighted by atomic mass is 32.2. The summed E-state index contributed by atoms with van der Waals surface area (Å²) in [6.07, 6.45) is 1.78. The minimum absolute atomic E-state index is 0.0242. The summed E-state index contributed by atoms with van der Waals surface area (Å²) in [4.78, 5) is 54.3. The van der Waals surface area contributed by atoms with Gasteiger partial charge >= 0.3 is 12.1 Å². The Bertz CT molecular complexity index is 2000. The van der Waals surface area contributed by atoms with Gasteiger partial charge in [0.1, 0.15) is 28.9 Å². The number of carbonyl (C=O) groups is 4. The number of rotatable bonds is 29. The molecule has 0 unspecified atom stereocenters. The molecular weight excluding hydrogens is 901 g/mol. The standard InChI is InChI=1S/C50H75F2N5O10S/c1-48(2,3)45(42-30-37(39-31-38(51)16-17-40(39)52)33-56(42)32-36-14-11-10-12-15-36)57(21-13-19-53)44(59)35-68-34-41(46(60)66-49(4,5)6)55-43(58)18-22-62-24-26-64-28-29-65-27-25-63-23-20-54-47(61)67-50(7,8)9/h10-12,14-17,30-31,33,41,45H,13,18-29,32,34-35,53H2,1-9H3,(H,54,61)(H,55,58)/t41-,45-/m0/s1. The summed E-state index contributed by atoms with van der Waals surface area (Å²) in [5.41, 5.74) is 6.37. The summed E-state index contributed by atoms with van der Waals surface area (Å²) in [5.74, 6) is -2.39. The van der Waals surface area contributed by atoms with E-state index in [1.54, 1.807) is 52.6 Å². The minimum Gasteiger partial charge on any atom is -0.458 e. The number of esters is 1. The summed E-state index contributed by atoms with van der Waals surface area (Å²) in [5, 5.41) is 5.38. The Hall–Kier alpha value is -4.59. The number of nitrogens with zero attached hydrogens (tertiary/aromatic N) is 2. The molecule has 3 aromatic rings. The zero-order valence-electron chi connectivity index (χ0n) is 41.5. The smallest absolute Gasteiger partial charge is 0.407 e. The number of thioether (sulfide) groups is 1. The summed E-state index contributed by atoms with van der Waals surface area (Å²) in [7, 11) is 0. The van der Waals surface area contributed by atoms with Crippen molar-refractivity contribution in [3.8, 4) is 11.1 Å². The fourth-order valence-electron chi connectivity index (χ4n) is 6.89. The second-order valence-electron chi connectivity index (χ2n) is 19.2. The van der Waals surface area contributed by atoms with Crippen LogP contribution in [0.15, 0.2) is 60.8 Å². The lowest BCUT2D eigenvalue weighted by molar-refractivity contribution is -0.158. The van der Waals surface area contributed by atoms with Gasteiger partial charge < -0.3 is 54.3 Å². The van der Waals surface area contributed by atoms with Gasteiger partial charge in [-0.15, -0.1) is 11.8 Å². The van der Waals surface area contributed by atoms with Crippen LogP contribution in [0.25, 0.3) is 11.1 Å². The Labute approximate surface area is 405 Å². The predicted molar refractivity (Wildman–Crippen MR) is 260 cm³/mol. The van der Waals surface area contributed by atoms with Crippen LogP contribution >= 0.6 is 11.8 Å². The number of hydrogen-bond acceptors (Lipinski definition) is 12. The lowest BCUT2D eigenvalue weighted by atomic mass is 9.83. The lowest BCUT2D eigenvalue weighted by Gasteiger charge is -2.41. The van der Waals surface area contributed by atoms with Gasteiger partial charge in [-0.05, 0) is 89.8 Å². The summed E-state index contributed by atoms with van der Waals surface area (Å²) in [6.45, 7) is 20.4. The molecule has 68 heavy (non-hydrogen) atoms. The van der Waals surface area contributed by atoms with Crippen molar-refractivity contribution < 1.29 is 56.4 Å². The third-order valence-electron chi connectivity index (χ3n) is 9.74. The topological polar surface area (TPSA) is 182 Å². The number of alkyl carbamates (subject to hydrolysis) is 1. The van der Waals surface area contributed by atoms with Gasteiger partial charge in [-0.2, -0.15) is 0 Å². The van der Waals surface area contributed by atoms with Crippen LogP contribution in [0.3, 0.4) is 0 Å². The molecule has 2 atom stereocenters. The Kier molecular flexibility index (Phi) is 24.4. The van der Waals surface area contributed by atoms with E-state index in [1.165, 1.54) is 17.8 Å². The summed E-state index contributed by atoms with van der Waals surface area (Å²) >= 11 is 1.20. The van der Waals surface area contributed by atoms with Crippen molar-refractivity contribution >= 4 is 35.6 Å². The molecule has 1 heterocycles. The Morgan fingerprint density at radius 2 is 1.38 bits per heavy atom. The van der Waals surface area contributed by atoms with Gasteiger partial charge in [-0.3, -0.25) is 9.59 Å². The molecule has 0 aliphatic carbocycles. The van der Waals surface area contributed by atoms with Gasteiger partial charge in [0.15, 0.2) is 0 Å². The Morgan fingerprint density at radius 1 is 0.779 bits per heavy atom. The molecule has 3 amide bonds. The number of aromatic nitrogens is 1. The lowest BCUT2D eigenvalue weighted by Crippen LogP contribution is -2.47. The maximum absolute atomic E-state index is 15.2. The van der Waals surface area contributed by atoms with Crippen LogP contribution < -0.4 is 16.4 Å². The fourth-order valence-corrected chi connectivity index (χ4v) is 7.81. The van der Waals surface area contributed by atoms with Gasteiger partial charge in [-0.25, -0.2) is 18.4 Å². The van der Waals surface area contributed by atoms with E-state index in [2.05, 4.69) is 10.6 Å². The maximum atomic E-state index is 15.2. The molecule has 0 aliphatic heterocycles. The van der Waals surface area contributed by atoms with Crippen molar-refractivity contribution in [3.63, 3.8) is 0 Å². The first-order valence-electron chi connectivity index (χ1n) is 23.1. The van der Waals surface area contributed by atoms with E-state index >= 15 is 4.39 Å². The molecule has 4 N–H and O–H groups in total. The van der Waals surface area contributed by atoms with E-state index in [0.717, 1.165) is 23.4 Å². The number of carbonyl (C=O) groups excluding carboxylic acids is 4. The van der Waals surface area contributed by atoms with Gasteiger partial charge in [0.05, 0.1) is 64.6 Å². The van der Waals surface area contributed by atoms with E-state index in [0.29, 0.717) is 71.2 Å². The van der Waals surface area contributed by atoms with Crippen molar-refractivity contribution in [2.75, 3.05) is 84.0 Å². The second-order valence-corrected chi connectivity index (χ2v) is 20.2. The van der Waals surface area contributed by atoms with Crippen molar-refractivity contribution in [2.45, 2.75) is 105 Å². The Morgan fingerprint density at radius 3 is 1.97 bits per heavy atom. The first-order chi connectivity index (χ1) is 32.1. The van der Waals surface area contributed by atoms with Crippen LogP contribution in [0.1, 0.15) is 92.5 Å². The molecule has 380 valence electrons. The molecule has 15 nitrogen and oxygen atoms in total. The molecule has 0 radical (unpaired) electrons. The van der Waals surface area contributed by atoms with Gasteiger partial charge in [-0.1, -0.05) is 51.1 Å². The molecule has 1 aromatic heterocycles. The van der Waals surface area contributed by atoms with Crippen LogP contribution in [0.5, 0.6) is 0 Å². The number of benzene rings is 2. The van der Waals surface area contributed by atoms with Crippen molar-refractivity contribution in [1.29, 1.82) is 0 Å². The van der Waals surface area contributed by atoms with Crippen molar-refractivity contribution in [2.24, 2.45) is 11.1 Å². The number of ether oxygens (including phenoxy) is 6. The van der Waals surface area contributed by atoms with Gasteiger partial charge in [0.2, 0.25) is 11.8 Å². The minimum atomic E-state index is -1.05. The van der Waals surface area contributed by atoms with E-state index in [4.69, 9.17) is 34.2 Å². The van der Waals surface area contributed by atoms with E-state index in [1.807, 2.05) is 61.7 Å². The third kappa shape index (κ3) is 22.2. The van der Waals surface area contributed by atoms with Crippen LogP contribution in [0.4, 0.5) is 13.6 Å². The van der Waals surface area contributed by atoms with Gasteiger partial charge in [0.25, 0.3) is 0 Å². The maximum Gasteiger partial charge on any atom is 0.407 e. The van der Waals surface area contributed by atoms with E-state index in [9.17, 15) is 23.6 Å². The molecule has 2 aromatic carbocycles. The summed E-state index contributed by atoms with van der Waals surface area (Å²) < 4.78 is 64.5. The zero-order chi connectivity index (χ0) is 50.3. The van der Waals surface area contributed by atoms with Crippen molar-refractivity contribution in [3.05, 3.63) is 83.7 Å². The number of nitrogens with one attached hydrogen (secondary N) is 2.